The van der Waals surface area contributed by atoms with Crippen LogP contribution in [0, 0.1) is 12.3 Å². The van der Waals surface area contributed by atoms with E-state index in [-0.39, 0.29) is 31.6 Å². The van der Waals surface area contributed by atoms with Crippen LogP contribution < -0.4 is 0 Å². The van der Waals surface area contributed by atoms with Gasteiger partial charge < -0.3 is 11.7 Å². The van der Waals surface area contributed by atoms with Crippen LogP contribution in [-0.2, 0) is 25.2 Å². The Bertz CT molecular complexity index is 81.0. The molecule has 0 amide bonds. The summed E-state index contributed by atoms with van der Waals surface area (Å²) in [7, 11) is 0. The molecule has 0 saturated heterocycles. The second-order valence-electron chi connectivity index (χ2n) is 2.67. The smallest absolute Gasteiger partial charge is 0.00153 e. The molecule has 0 aromatic rings. The summed E-state index contributed by atoms with van der Waals surface area (Å²) in [6, 6.07) is 0. The van der Waals surface area contributed by atoms with Crippen molar-refractivity contribution < 1.29 is 25.2 Å². The van der Waals surface area contributed by atoms with Gasteiger partial charge in [0.25, 0.3) is 0 Å². The molecule has 0 aliphatic carbocycles. The first-order chi connectivity index (χ1) is 2.94. The van der Waals surface area contributed by atoms with Gasteiger partial charge in [0, 0.05) is 26.2 Å². The number of hydrogen-bond donors (Lipinski definition) is 0. The molecule has 0 aliphatic heterocycles. The van der Waals surface area contributed by atoms with Crippen molar-refractivity contribution in [2.24, 2.45) is 5.41 Å². The zero-order chi connectivity index (χ0) is 6.08. The van der Waals surface area contributed by atoms with Gasteiger partial charge >= 0.3 is 0 Å². The van der Waals surface area contributed by atoms with Crippen LogP contribution in [0.5, 0.6) is 0 Å². The van der Waals surface area contributed by atoms with Gasteiger partial charge in [-0.2, -0.15) is 0 Å². The Balaban J connectivity index is 0. The van der Waals surface area contributed by atoms with Gasteiger partial charge in [-0.25, -0.2) is 0 Å². The Labute approximate surface area is 64.5 Å². The molecule has 0 unspecified atom stereocenters. The molecular formula is C6H11ORe-. The molecule has 0 rings (SSSR count). The van der Waals surface area contributed by atoms with E-state index in [2.05, 4.69) is 6.92 Å². The Morgan fingerprint density at radius 2 is 1.50 bits per heavy atom. The van der Waals surface area contributed by atoms with Crippen molar-refractivity contribution in [3.63, 3.8) is 0 Å². The quantitative estimate of drug-likeness (QED) is 0.616. The number of ketones is 1. The van der Waals surface area contributed by atoms with Crippen LogP contribution >= 0.6 is 0 Å². The largest absolute Gasteiger partial charge is 0.339 e. The average Bonchev–Trinajstić information content (AvgIpc) is 1.31. The van der Waals surface area contributed by atoms with E-state index in [1.165, 1.54) is 0 Å². The van der Waals surface area contributed by atoms with Gasteiger partial charge in [0.05, 0.1) is 0 Å². The van der Waals surface area contributed by atoms with E-state index in [1.54, 1.807) is 0 Å². The van der Waals surface area contributed by atoms with Gasteiger partial charge in [-0.3, -0.25) is 0 Å². The van der Waals surface area contributed by atoms with Crippen molar-refractivity contribution in [1.29, 1.82) is 0 Å². The van der Waals surface area contributed by atoms with Crippen molar-refractivity contribution in [2.45, 2.75) is 20.8 Å². The van der Waals surface area contributed by atoms with Crippen LogP contribution in [0.15, 0.2) is 0 Å². The van der Waals surface area contributed by atoms with Crippen molar-refractivity contribution >= 4 is 5.78 Å². The van der Waals surface area contributed by atoms with E-state index in [1.807, 2.05) is 20.8 Å². The van der Waals surface area contributed by atoms with Crippen molar-refractivity contribution in [1.82, 2.24) is 0 Å². The van der Waals surface area contributed by atoms with Crippen molar-refractivity contribution in [3.05, 3.63) is 6.92 Å². The number of hydrogen-bond acceptors (Lipinski definition) is 1. The van der Waals surface area contributed by atoms with Crippen LogP contribution in [0.1, 0.15) is 20.8 Å². The molecule has 8 heavy (non-hydrogen) atoms. The van der Waals surface area contributed by atoms with Crippen LogP contribution in [0.4, 0.5) is 0 Å². The van der Waals surface area contributed by atoms with Gasteiger partial charge in [0.15, 0.2) is 0 Å². The first kappa shape index (κ1) is 11.1. The van der Waals surface area contributed by atoms with Crippen molar-refractivity contribution in [3.8, 4) is 0 Å². The predicted octanol–water partition coefficient (Wildman–Crippen LogP) is 1.43. The Hall–Kier alpha value is 0.202. The number of rotatable bonds is 0. The SMILES string of the molecule is [CH2-]C(=O)C(C)(C)C.[Re]. The third kappa shape index (κ3) is 4.36. The molecule has 0 aromatic carbocycles. The Morgan fingerprint density at radius 1 is 1.38 bits per heavy atom. The van der Waals surface area contributed by atoms with Crippen molar-refractivity contribution in [2.75, 3.05) is 0 Å². The molecule has 1 radical (unpaired) electrons. The summed E-state index contributed by atoms with van der Waals surface area (Å²) >= 11 is 0. The minimum absolute atomic E-state index is 0. The molecule has 0 atom stereocenters. The van der Waals surface area contributed by atoms with E-state index >= 15 is 0 Å². The molecule has 0 N–H and O–H groups in total. The zero-order valence-corrected chi connectivity index (χ0v) is 8.21. The molecule has 0 aromatic heterocycles. The zero-order valence-electron chi connectivity index (χ0n) is 5.49. The molecule has 0 heterocycles. The maximum Gasteiger partial charge on any atom is 0.00153 e. The van der Waals surface area contributed by atoms with Crippen LogP contribution in [0.2, 0.25) is 0 Å². The van der Waals surface area contributed by atoms with E-state index in [4.69, 9.17) is 0 Å². The normalized spacial score (nSPS) is 9.88. The van der Waals surface area contributed by atoms with Crippen LogP contribution in [0.25, 0.3) is 0 Å². The first-order valence-electron chi connectivity index (χ1n) is 2.31. The monoisotopic (exact) mass is 286 g/mol. The fraction of sp³-hybridized carbons (Fsp3) is 0.667. The number of carbonyl (C=O) groups excluding carboxylic acids is 1. The summed E-state index contributed by atoms with van der Waals surface area (Å²) in [5, 5.41) is 0. The Morgan fingerprint density at radius 3 is 1.50 bits per heavy atom. The summed E-state index contributed by atoms with van der Waals surface area (Å²) in [6.07, 6.45) is 0. The van der Waals surface area contributed by atoms with E-state index in [0.717, 1.165) is 0 Å². The topological polar surface area (TPSA) is 17.1 Å². The van der Waals surface area contributed by atoms with E-state index in [0.29, 0.717) is 0 Å². The molecule has 0 spiro atoms. The third-order valence-corrected chi connectivity index (χ3v) is 0.837. The fourth-order valence-electron chi connectivity index (χ4n) is 0. The van der Waals surface area contributed by atoms with Gasteiger partial charge in [0.1, 0.15) is 0 Å². The second kappa shape index (κ2) is 3.27. The summed E-state index contributed by atoms with van der Waals surface area (Å²) in [6.45, 7) is 8.82. The molecule has 2 heteroatoms. The van der Waals surface area contributed by atoms with Gasteiger partial charge in [0.2, 0.25) is 0 Å². The number of carbonyl (C=O) groups is 1. The predicted molar refractivity (Wildman–Crippen MR) is 29.8 cm³/mol. The fourth-order valence-corrected chi connectivity index (χ4v) is 0. The summed E-state index contributed by atoms with van der Waals surface area (Å²) < 4.78 is 0. The average molecular weight is 285 g/mol. The molecule has 1 nitrogen and oxygen atoms in total. The Kier molecular flexibility index (Phi) is 4.52. The van der Waals surface area contributed by atoms with Gasteiger partial charge in [-0.15, -0.1) is 0 Å². The van der Waals surface area contributed by atoms with Gasteiger partial charge in [-0.05, 0) is 5.41 Å². The summed E-state index contributed by atoms with van der Waals surface area (Å²) in [4.78, 5) is 10.4. The van der Waals surface area contributed by atoms with E-state index in [9.17, 15) is 4.79 Å². The minimum Gasteiger partial charge on any atom is -0.339 e. The molecule has 0 fully saturated rings. The van der Waals surface area contributed by atoms with Crippen LogP contribution in [0.3, 0.4) is 0 Å². The van der Waals surface area contributed by atoms with Gasteiger partial charge in [-0.1, -0.05) is 20.8 Å². The summed E-state index contributed by atoms with van der Waals surface area (Å²) in [5.74, 6) is -0.00694. The molecular weight excluding hydrogens is 274 g/mol. The molecule has 0 bridgehead atoms. The van der Waals surface area contributed by atoms with Crippen LogP contribution in [-0.4, -0.2) is 5.78 Å². The first-order valence-corrected chi connectivity index (χ1v) is 2.31. The van der Waals surface area contributed by atoms with E-state index < -0.39 is 0 Å². The molecule has 0 aliphatic rings. The third-order valence-electron chi connectivity index (χ3n) is 0.837. The summed E-state index contributed by atoms with van der Waals surface area (Å²) in [5.41, 5.74) is -0.250. The minimum atomic E-state index is -0.250. The second-order valence-corrected chi connectivity index (χ2v) is 2.67. The maximum atomic E-state index is 10.4. The maximum absolute atomic E-state index is 10.4. The molecule has 49 valence electrons. The number of Topliss-reactive ketones (excluding diaryl/α,β-unsaturated/α-hetero) is 1. The molecule has 0 saturated carbocycles. The standard InChI is InChI=1S/C6H11O.Re/c1-5(7)6(2,3)4;/h1H2,2-4H3;/q-1;.